The number of benzene rings is 8. The second-order valence-electron chi connectivity index (χ2n) is 13.2. The lowest BCUT2D eigenvalue weighted by molar-refractivity contribution is 0.669. The minimum Gasteiger partial charge on any atom is -0.456 e. The first-order chi connectivity index (χ1) is 26.3. The molecule has 0 saturated heterocycles. The van der Waals surface area contributed by atoms with Crippen LogP contribution < -0.4 is 0 Å². The zero-order valence-corrected chi connectivity index (χ0v) is 28.6. The molecule has 0 unspecified atom stereocenters. The van der Waals surface area contributed by atoms with Gasteiger partial charge in [-0.05, 0) is 62.4 Å². The fourth-order valence-corrected chi connectivity index (χ4v) is 7.40. The van der Waals surface area contributed by atoms with E-state index in [-0.39, 0.29) is 0 Å². The zero-order valence-electron chi connectivity index (χ0n) is 28.6. The lowest BCUT2D eigenvalue weighted by Gasteiger charge is -2.12. The van der Waals surface area contributed by atoms with Gasteiger partial charge in [-0.15, -0.1) is 0 Å². The van der Waals surface area contributed by atoms with Crippen LogP contribution in [0.5, 0.6) is 0 Å². The number of nitrogens with zero attached hydrogens (tertiary/aromatic N) is 3. The highest BCUT2D eigenvalue weighted by molar-refractivity contribution is 6.13. The normalized spacial score (nSPS) is 11.4. The summed E-state index contributed by atoms with van der Waals surface area (Å²) >= 11 is 0. The Morgan fingerprint density at radius 1 is 0.302 bits per heavy atom. The second kappa shape index (κ2) is 12.9. The van der Waals surface area contributed by atoms with Crippen LogP contribution in [0.3, 0.4) is 0 Å². The van der Waals surface area contributed by atoms with Gasteiger partial charge in [0.15, 0.2) is 17.5 Å². The Hall–Kier alpha value is -7.17. The van der Waals surface area contributed by atoms with E-state index in [1.54, 1.807) is 0 Å². The fraction of sp³-hybridized carbons (Fsp3) is 0. The summed E-state index contributed by atoms with van der Waals surface area (Å²) in [5, 5.41) is 4.59. The van der Waals surface area contributed by atoms with Crippen molar-refractivity contribution < 1.29 is 4.42 Å². The second-order valence-corrected chi connectivity index (χ2v) is 13.2. The van der Waals surface area contributed by atoms with Crippen LogP contribution in [0.25, 0.3) is 100 Å². The van der Waals surface area contributed by atoms with Gasteiger partial charge in [0.25, 0.3) is 0 Å². The van der Waals surface area contributed by atoms with E-state index >= 15 is 0 Å². The molecule has 0 saturated carbocycles. The quantitative estimate of drug-likeness (QED) is 0.176. The third kappa shape index (κ3) is 5.54. The van der Waals surface area contributed by atoms with Gasteiger partial charge in [0.1, 0.15) is 11.2 Å². The van der Waals surface area contributed by atoms with Crippen molar-refractivity contribution in [2.24, 2.45) is 0 Å². The van der Waals surface area contributed by atoms with Gasteiger partial charge in [-0.3, -0.25) is 0 Å². The van der Waals surface area contributed by atoms with Gasteiger partial charge in [0, 0.05) is 27.5 Å². The van der Waals surface area contributed by atoms with Crippen LogP contribution in [0.15, 0.2) is 192 Å². The summed E-state index contributed by atoms with van der Waals surface area (Å²) in [5.41, 5.74) is 11.1. The van der Waals surface area contributed by atoms with Crippen molar-refractivity contribution >= 4 is 32.7 Å². The molecule has 8 aromatic carbocycles. The third-order valence-electron chi connectivity index (χ3n) is 9.97. The Labute approximate surface area is 306 Å². The maximum Gasteiger partial charge on any atom is 0.164 e. The molecular formula is C49H31N3O. The molecule has 0 radical (unpaired) electrons. The van der Waals surface area contributed by atoms with Crippen LogP contribution in [0.2, 0.25) is 0 Å². The molecule has 0 bridgehead atoms. The molecular weight excluding hydrogens is 647 g/mol. The van der Waals surface area contributed by atoms with Gasteiger partial charge in [-0.25, -0.2) is 15.0 Å². The van der Waals surface area contributed by atoms with Gasteiger partial charge in [-0.1, -0.05) is 170 Å². The monoisotopic (exact) mass is 677 g/mol. The van der Waals surface area contributed by atoms with Gasteiger partial charge in [-0.2, -0.15) is 0 Å². The average molecular weight is 678 g/mol. The minimum atomic E-state index is 0.580. The Morgan fingerprint density at radius 2 is 0.830 bits per heavy atom. The molecule has 0 N–H and O–H groups in total. The van der Waals surface area contributed by atoms with Crippen molar-refractivity contribution in [1.29, 1.82) is 0 Å². The van der Waals surface area contributed by atoms with Crippen molar-refractivity contribution in [3.63, 3.8) is 0 Å². The number of furan rings is 1. The van der Waals surface area contributed by atoms with E-state index in [0.717, 1.165) is 66.4 Å². The lowest BCUT2D eigenvalue weighted by atomic mass is 9.97. The summed E-state index contributed by atoms with van der Waals surface area (Å²) in [4.78, 5) is 15.4. The number of hydrogen-bond donors (Lipinski definition) is 0. The van der Waals surface area contributed by atoms with E-state index in [1.165, 1.54) is 16.3 Å². The van der Waals surface area contributed by atoms with Crippen LogP contribution in [0.1, 0.15) is 0 Å². The summed E-state index contributed by atoms with van der Waals surface area (Å²) in [6.45, 7) is 0. The van der Waals surface area contributed by atoms with Crippen LogP contribution in [-0.2, 0) is 0 Å². The first kappa shape index (κ1) is 30.6. The van der Waals surface area contributed by atoms with Crippen molar-refractivity contribution in [1.82, 2.24) is 15.0 Å². The summed E-state index contributed by atoms with van der Waals surface area (Å²) in [5.74, 6) is 1.80. The molecule has 53 heavy (non-hydrogen) atoms. The molecule has 0 aliphatic rings. The molecule has 0 aliphatic carbocycles. The summed E-state index contributed by atoms with van der Waals surface area (Å²) < 4.78 is 6.50. The molecule has 0 aliphatic heterocycles. The van der Waals surface area contributed by atoms with Crippen molar-refractivity contribution in [3.8, 4) is 67.5 Å². The van der Waals surface area contributed by atoms with Crippen LogP contribution in [0, 0.1) is 0 Å². The third-order valence-corrected chi connectivity index (χ3v) is 9.97. The van der Waals surface area contributed by atoms with Gasteiger partial charge >= 0.3 is 0 Å². The maximum atomic E-state index is 6.50. The maximum absolute atomic E-state index is 6.50. The molecule has 248 valence electrons. The molecule has 4 heteroatoms. The lowest BCUT2D eigenvalue weighted by Crippen LogP contribution is -2.01. The standard InChI is InChI=1S/C49H31N3O/c1-3-13-32(14-4-1)40-20-9-10-21-42(40)49-51-47(36-27-25-35(26-28-36)39-22-11-18-33-17-7-8-19-38(33)39)50-48(52-49)37-29-30-43-45(31-37)53-44-24-12-23-41(46(43)44)34-15-5-2-6-16-34/h1-31H. The molecule has 0 atom stereocenters. The number of fused-ring (bicyclic) bond motifs is 4. The summed E-state index contributed by atoms with van der Waals surface area (Å²) in [6, 6.07) is 65.1. The smallest absolute Gasteiger partial charge is 0.164 e. The van der Waals surface area contributed by atoms with Crippen LogP contribution in [-0.4, -0.2) is 15.0 Å². The topological polar surface area (TPSA) is 51.8 Å². The summed E-state index contributed by atoms with van der Waals surface area (Å²) in [7, 11) is 0. The van der Waals surface area contributed by atoms with E-state index < -0.39 is 0 Å². The van der Waals surface area contributed by atoms with Crippen LogP contribution in [0.4, 0.5) is 0 Å². The first-order valence-corrected chi connectivity index (χ1v) is 17.8. The molecule has 0 spiro atoms. The molecule has 0 fully saturated rings. The van der Waals surface area contributed by atoms with Gasteiger partial charge in [0.05, 0.1) is 0 Å². The highest BCUT2D eigenvalue weighted by atomic mass is 16.3. The van der Waals surface area contributed by atoms with E-state index in [0.29, 0.717) is 17.5 Å². The molecule has 2 heterocycles. The van der Waals surface area contributed by atoms with Crippen LogP contribution >= 0.6 is 0 Å². The molecule has 10 rings (SSSR count). The van der Waals surface area contributed by atoms with E-state index in [1.807, 2.05) is 30.3 Å². The Kier molecular flexibility index (Phi) is 7.43. The number of hydrogen-bond acceptors (Lipinski definition) is 4. The minimum absolute atomic E-state index is 0.580. The van der Waals surface area contributed by atoms with Crippen molar-refractivity contribution in [2.75, 3.05) is 0 Å². The zero-order chi connectivity index (χ0) is 35.1. The number of rotatable bonds is 6. The first-order valence-electron chi connectivity index (χ1n) is 17.8. The Balaban J connectivity index is 1.13. The predicted molar refractivity (Wildman–Crippen MR) is 217 cm³/mol. The van der Waals surface area contributed by atoms with Crippen molar-refractivity contribution in [3.05, 3.63) is 188 Å². The highest BCUT2D eigenvalue weighted by Gasteiger charge is 2.18. The SMILES string of the molecule is c1ccc(-c2ccccc2-c2nc(-c3ccc(-c4cccc5ccccc45)cc3)nc(-c3ccc4c(c3)oc3cccc(-c5ccccc5)c34)n2)cc1. The summed E-state index contributed by atoms with van der Waals surface area (Å²) in [6.07, 6.45) is 0. The molecule has 2 aromatic heterocycles. The molecule has 0 amide bonds. The molecule has 10 aromatic rings. The number of aromatic nitrogens is 3. The Morgan fingerprint density at radius 3 is 1.62 bits per heavy atom. The Bertz CT molecular complexity index is 2930. The predicted octanol–water partition coefficient (Wildman–Crippen LogP) is 12.9. The van der Waals surface area contributed by atoms with Crippen molar-refractivity contribution in [2.45, 2.75) is 0 Å². The van der Waals surface area contributed by atoms with E-state index in [9.17, 15) is 0 Å². The van der Waals surface area contributed by atoms with E-state index in [2.05, 4.69) is 158 Å². The largest absolute Gasteiger partial charge is 0.456 e. The molecule has 4 nitrogen and oxygen atoms in total. The fourth-order valence-electron chi connectivity index (χ4n) is 7.40. The average Bonchev–Trinajstić information content (AvgIpc) is 3.62. The van der Waals surface area contributed by atoms with Gasteiger partial charge in [0.2, 0.25) is 0 Å². The van der Waals surface area contributed by atoms with Gasteiger partial charge < -0.3 is 4.42 Å². The highest BCUT2D eigenvalue weighted by Crippen LogP contribution is 2.39. The van der Waals surface area contributed by atoms with E-state index in [4.69, 9.17) is 19.4 Å².